The minimum atomic E-state index is -0.262. The van der Waals surface area contributed by atoms with E-state index in [4.69, 9.17) is 10.5 Å². The fraction of sp³-hybridized carbons (Fsp3) is 0.375. The van der Waals surface area contributed by atoms with Gasteiger partial charge in [0, 0.05) is 12.2 Å². The molecule has 5 heteroatoms. The van der Waals surface area contributed by atoms with Gasteiger partial charge in [0.15, 0.2) is 0 Å². The summed E-state index contributed by atoms with van der Waals surface area (Å²) in [6.45, 7) is 5.09. The first kappa shape index (κ1) is 15.1. The van der Waals surface area contributed by atoms with Crippen molar-refractivity contribution in [2.45, 2.75) is 39.8 Å². The number of carbonyl (C=O) groups is 1. The van der Waals surface area contributed by atoms with Crippen molar-refractivity contribution in [2.24, 2.45) is 0 Å². The van der Waals surface area contributed by atoms with Gasteiger partial charge in [-0.15, -0.1) is 0 Å². The van der Waals surface area contributed by atoms with Gasteiger partial charge in [-0.25, -0.2) is 0 Å². The maximum Gasteiger partial charge on any atom is 0.310 e. The molecule has 0 aliphatic carbocycles. The van der Waals surface area contributed by atoms with Gasteiger partial charge < -0.3 is 10.5 Å². The van der Waals surface area contributed by atoms with E-state index in [0.29, 0.717) is 5.69 Å². The highest BCUT2D eigenvalue weighted by atomic mass is 16.5. The van der Waals surface area contributed by atoms with Gasteiger partial charge in [0.1, 0.15) is 6.61 Å². The van der Waals surface area contributed by atoms with E-state index in [0.717, 1.165) is 29.9 Å². The van der Waals surface area contributed by atoms with Gasteiger partial charge in [-0.3, -0.25) is 9.48 Å². The molecule has 0 spiro atoms. The molecule has 0 fully saturated rings. The van der Waals surface area contributed by atoms with Crippen LogP contribution in [-0.2, 0) is 35.5 Å². The van der Waals surface area contributed by atoms with E-state index < -0.39 is 0 Å². The van der Waals surface area contributed by atoms with Crippen LogP contribution >= 0.6 is 0 Å². The Morgan fingerprint density at radius 3 is 2.81 bits per heavy atom. The molecule has 0 amide bonds. The highest BCUT2D eigenvalue weighted by Gasteiger charge is 2.10. The quantitative estimate of drug-likeness (QED) is 0.654. The van der Waals surface area contributed by atoms with Crippen molar-refractivity contribution in [1.82, 2.24) is 9.78 Å². The summed E-state index contributed by atoms with van der Waals surface area (Å²) in [4.78, 5) is 11.9. The van der Waals surface area contributed by atoms with E-state index in [1.807, 2.05) is 29.8 Å². The van der Waals surface area contributed by atoms with Gasteiger partial charge in [0.05, 0.1) is 17.8 Å². The van der Waals surface area contributed by atoms with Gasteiger partial charge in [-0.05, 0) is 37.1 Å². The Bertz CT molecular complexity index is 620. The van der Waals surface area contributed by atoms with E-state index in [2.05, 4.69) is 12.0 Å². The van der Waals surface area contributed by atoms with E-state index >= 15 is 0 Å². The molecule has 0 atom stereocenters. The minimum absolute atomic E-state index is 0.228. The SMILES string of the molecule is CCc1cc(COC(=O)Cc2cccc(N)c2)n(CC)n1. The van der Waals surface area contributed by atoms with Crippen LogP contribution in [0.1, 0.15) is 30.8 Å². The van der Waals surface area contributed by atoms with Gasteiger partial charge in [-0.1, -0.05) is 19.1 Å². The minimum Gasteiger partial charge on any atom is -0.459 e. The van der Waals surface area contributed by atoms with Gasteiger partial charge in [0.25, 0.3) is 0 Å². The number of esters is 1. The van der Waals surface area contributed by atoms with Gasteiger partial charge in [0.2, 0.25) is 0 Å². The molecular weight excluding hydrogens is 266 g/mol. The Labute approximate surface area is 124 Å². The number of rotatable bonds is 6. The first-order chi connectivity index (χ1) is 10.1. The number of hydrogen-bond acceptors (Lipinski definition) is 4. The van der Waals surface area contributed by atoms with Crippen LogP contribution in [0, 0.1) is 0 Å². The zero-order chi connectivity index (χ0) is 15.2. The average Bonchev–Trinajstić information content (AvgIpc) is 2.87. The maximum absolute atomic E-state index is 11.9. The maximum atomic E-state index is 11.9. The monoisotopic (exact) mass is 287 g/mol. The number of hydrogen-bond donors (Lipinski definition) is 1. The molecule has 2 rings (SSSR count). The van der Waals surface area contributed by atoms with Crippen LogP contribution in [-0.4, -0.2) is 15.7 Å². The van der Waals surface area contributed by atoms with Crippen LogP contribution in [0.2, 0.25) is 0 Å². The predicted molar refractivity (Wildman–Crippen MR) is 81.6 cm³/mol. The summed E-state index contributed by atoms with van der Waals surface area (Å²) in [7, 11) is 0. The molecular formula is C16H21N3O2. The number of anilines is 1. The summed E-state index contributed by atoms with van der Waals surface area (Å²) >= 11 is 0. The van der Waals surface area contributed by atoms with Crippen LogP contribution < -0.4 is 5.73 Å². The highest BCUT2D eigenvalue weighted by Crippen LogP contribution is 2.10. The molecule has 21 heavy (non-hydrogen) atoms. The Kier molecular flexibility index (Phi) is 4.98. The molecule has 112 valence electrons. The molecule has 1 aromatic carbocycles. The van der Waals surface area contributed by atoms with Crippen LogP contribution in [0.3, 0.4) is 0 Å². The first-order valence-electron chi connectivity index (χ1n) is 7.18. The van der Waals surface area contributed by atoms with Crippen molar-refractivity contribution in [3.8, 4) is 0 Å². The number of carbonyl (C=O) groups excluding carboxylic acids is 1. The average molecular weight is 287 g/mol. The van der Waals surface area contributed by atoms with Crippen LogP contribution in [0.5, 0.6) is 0 Å². The molecule has 0 unspecified atom stereocenters. The van der Waals surface area contributed by atoms with E-state index in [9.17, 15) is 4.79 Å². The van der Waals surface area contributed by atoms with Crippen LogP contribution in [0.25, 0.3) is 0 Å². The summed E-state index contributed by atoms with van der Waals surface area (Å²) in [6, 6.07) is 9.26. The Morgan fingerprint density at radius 2 is 2.14 bits per heavy atom. The lowest BCUT2D eigenvalue weighted by Crippen LogP contribution is -2.11. The molecule has 0 bridgehead atoms. The van der Waals surface area contributed by atoms with E-state index in [-0.39, 0.29) is 19.0 Å². The number of aromatic nitrogens is 2. The normalized spacial score (nSPS) is 10.6. The van der Waals surface area contributed by atoms with Crippen molar-refractivity contribution >= 4 is 11.7 Å². The number of benzene rings is 1. The molecule has 0 saturated heterocycles. The smallest absolute Gasteiger partial charge is 0.310 e. The number of nitrogens with zero attached hydrogens (tertiary/aromatic N) is 2. The van der Waals surface area contributed by atoms with Gasteiger partial charge in [-0.2, -0.15) is 5.10 Å². The summed E-state index contributed by atoms with van der Waals surface area (Å²) in [5.41, 5.74) is 9.14. The van der Waals surface area contributed by atoms with Crippen molar-refractivity contribution in [2.75, 3.05) is 5.73 Å². The second-order valence-electron chi connectivity index (χ2n) is 4.88. The van der Waals surface area contributed by atoms with E-state index in [1.54, 1.807) is 12.1 Å². The molecule has 0 radical (unpaired) electrons. The van der Waals surface area contributed by atoms with Crippen LogP contribution in [0.4, 0.5) is 5.69 Å². The fourth-order valence-electron chi connectivity index (χ4n) is 2.15. The zero-order valence-corrected chi connectivity index (χ0v) is 12.5. The predicted octanol–water partition coefficient (Wildman–Crippen LogP) is 2.33. The Hall–Kier alpha value is -2.30. The van der Waals surface area contributed by atoms with E-state index in [1.165, 1.54) is 0 Å². The van der Waals surface area contributed by atoms with Crippen molar-refractivity contribution < 1.29 is 9.53 Å². The standard InChI is InChI=1S/C16H21N3O2/c1-3-14-10-15(19(4-2)18-14)11-21-16(20)9-12-6-5-7-13(17)8-12/h5-8,10H,3-4,9,11,17H2,1-2H3. The number of nitrogen functional groups attached to an aromatic ring is 1. The molecule has 0 saturated carbocycles. The topological polar surface area (TPSA) is 70.1 Å². The van der Waals surface area contributed by atoms with Gasteiger partial charge >= 0.3 is 5.97 Å². The molecule has 0 aliphatic rings. The third-order valence-corrected chi connectivity index (χ3v) is 3.26. The molecule has 0 aliphatic heterocycles. The van der Waals surface area contributed by atoms with Crippen molar-refractivity contribution in [3.05, 3.63) is 47.3 Å². The molecule has 1 aromatic heterocycles. The lowest BCUT2D eigenvalue weighted by molar-refractivity contribution is -0.144. The summed E-state index contributed by atoms with van der Waals surface area (Å²) in [5.74, 6) is -0.262. The summed E-state index contributed by atoms with van der Waals surface area (Å²) in [6.07, 6.45) is 1.10. The lowest BCUT2D eigenvalue weighted by atomic mass is 10.1. The second kappa shape index (κ2) is 6.92. The Morgan fingerprint density at radius 1 is 1.33 bits per heavy atom. The molecule has 2 aromatic rings. The largest absolute Gasteiger partial charge is 0.459 e. The first-order valence-corrected chi connectivity index (χ1v) is 7.18. The Balaban J connectivity index is 1.93. The third-order valence-electron chi connectivity index (χ3n) is 3.26. The second-order valence-corrected chi connectivity index (χ2v) is 4.88. The van der Waals surface area contributed by atoms with Crippen LogP contribution in [0.15, 0.2) is 30.3 Å². The van der Waals surface area contributed by atoms with Crippen molar-refractivity contribution in [3.63, 3.8) is 0 Å². The summed E-state index contributed by atoms with van der Waals surface area (Å²) < 4.78 is 7.20. The number of nitrogens with two attached hydrogens (primary N) is 1. The summed E-state index contributed by atoms with van der Waals surface area (Å²) in [5, 5.41) is 4.43. The fourth-order valence-corrected chi connectivity index (χ4v) is 2.15. The van der Waals surface area contributed by atoms with Crippen molar-refractivity contribution in [1.29, 1.82) is 0 Å². The lowest BCUT2D eigenvalue weighted by Gasteiger charge is -2.07. The number of ether oxygens (including phenoxy) is 1. The number of aryl methyl sites for hydroxylation is 2. The molecule has 1 heterocycles. The molecule has 2 N–H and O–H groups in total. The molecule has 5 nitrogen and oxygen atoms in total. The third kappa shape index (κ3) is 4.08. The zero-order valence-electron chi connectivity index (χ0n) is 12.5. The highest BCUT2D eigenvalue weighted by molar-refractivity contribution is 5.73.